The van der Waals surface area contributed by atoms with Crippen molar-refractivity contribution >= 4 is 16.7 Å². The van der Waals surface area contributed by atoms with Crippen molar-refractivity contribution in [1.29, 1.82) is 0 Å². The molecule has 1 saturated carbocycles. The molecule has 1 aliphatic rings. The first-order chi connectivity index (χ1) is 8.34. The number of benzene rings is 1. The summed E-state index contributed by atoms with van der Waals surface area (Å²) in [7, 11) is 0. The van der Waals surface area contributed by atoms with E-state index in [9.17, 15) is 4.79 Å². The summed E-state index contributed by atoms with van der Waals surface area (Å²) < 4.78 is 5.57. The number of carbonyl (C=O) groups excluding carboxylic acids is 1. The average molecular weight is 227 g/mol. The fourth-order valence-corrected chi connectivity index (χ4v) is 1.86. The predicted molar refractivity (Wildman–Crippen MR) is 65.0 cm³/mol. The highest BCUT2D eigenvalue weighted by atomic mass is 16.5. The number of ketones is 1. The van der Waals surface area contributed by atoms with Crippen LogP contribution in [0.2, 0.25) is 0 Å². The second kappa shape index (κ2) is 4.17. The number of fused-ring (bicyclic) bond motifs is 1. The third-order valence-electron chi connectivity index (χ3n) is 3.00. The molecule has 1 heterocycles. The van der Waals surface area contributed by atoms with Gasteiger partial charge in [-0.3, -0.25) is 9.78 Å². The summed E-state index contributed by atoms with van der Waals surface area (Å²) in [6.45, 7) is 0.167. The first-order valence-electron chi connectivity index (χ1n) is 5.84. The summed E-state index contributed by atoms with van der Waals surface area (Å²) in [6.07, 6.45) is 3.78. The highest BCUT2D eigenvalue weighted by Crippen LogP contribution is 2.30. The molecule has 0 unspecified atom stereocenters. The number of Topliss-reactive ketones (excluding diaryl/α,β-unsaturated/α-hetero) is 1. The topological polar surface area (TPSA) is 39.2 Å². The number of hydrogen-bond donors (Lipinski definition) is 0. The normalized spacial score (nSPS) is 14.8. The van der Waals surface area contributed by atoms with E-state index in [1.54, 1.807) is 6.20 Å². The molecule has 86 valence electrons. The van der Waals surface area contributed by atoms with Gasteiger partial charge in [-0.2, -0.15) is 0 Å². The fraction of sp³-hybridized carbons (Fsp3) is 0.286. The van der Waals surface area contributed by atoms with Crippen molar-refractivity contribution in [1.82, 2.24) is 4.98 Å². The lowest BCUT2D eigenvalue weighted by molar-refractivity contribution is -0.122. The Labute approximate surface area is 99.4 Å². The van der Waals surface area contributed by atoms with Crippen molar-refractivity contribution in [2.24, 2.45) is 5.92 Å². The predicted octanol–water partition coefficient (Wildman–Crippen LogP) is 2.59. The maximum atomic E-state index is 11.6. The summed E-state index contributed by atoms with van der Waals surface area (Å²) in [4.78, 5) is 15.9. The highest BCUT2D eigenvalue weighted by Gasteiger charge is 2.29. The molecule has 1 fully saturated rings. The van der Waals surface area contributed by atoms with E-state index in [-0.39, 0.29) is 18.3 Å². The van der Waals surface area contributed by atoms with Gasteiger partial charge in [-0.25, -0.2) is 0 Å². The molecule has 3 rings (SSSR count). The molecule has 17 heavy (non-hydrogen) atoms. The van der Waals surface area contributed by atoms with Gasteiger partial charge in [-0.05, 0) is 25.0 Å². The molecule has 1 aromatic heterocycles. The second-order valence-electron chi connectivity index (χ2n) is 4.36. The zero-order valence-electron chi connectivity index (χ0n) is 9.43. The lowest BCUT2D eigenvalue weighted by atomic mass is 10.2. The Morgan fingerprint density at radius 1 is 1.29 bits per heavy atom. The van der Waals surface area contributed by atoms with Crippen LogP contribution in [0.3, 0.4) is 0 Å². The quantitative estimate of drug-likeness (QED) is 0.805. The monoisotopic (exact) mass is 227 g/mol. The Kier molecular flexibility index (Phi) is 2.52. The van der Waals surface area contributed by atoms with E-state index in [0.717, 1.165) is 23.7 Å². The summed E-state index contributed by atoms with van der Waals surface area (Å²) >= 11 is 0. The Morgan fingerprint density at radius 2 is 2.12 bits per heavy atom. The minimum atomic E-state index is 0.167. The van der Waals surface area contributed by atoms with Gasteiger partial charge >= 0.3 is 0 Å². The number of aromatic nitrogens is 1. The molecule has 0 aliphatic heterocycles. The Bertz CT molecular complexity index is 556. The lowest BCUT2D eigenvalue weighted by Gasteiger charge is -2.07. The summed E-state index contributed by atoms with van der Waals surface area (Å²) in [5.41, 5.74) is 0.818. The van der Waals surface area contributed by atoms with Crippen LogP contribution in [0.1, 0.15) is 12.8 Å². The zero-order chi connectivity index (χ0) is 11.7. The maximum Gasteiger partial charge on any atom is 0.173 e. The number of hydrogen-bond acceptors (Lipinski definition) is 3. The smallest absolute Gasteiger partial charge is 0.173 e. The van der Waals surface area contributed by atoms with Crippen LogP contribution in [0.4, 0.5) is 0 Å². The second-order valence-corrected chi connectivity index (χ2v) is 4.36. The molecule has 1 aliphatic carbocycles. The van der Waals surface area contributed by atoms with Crippen LogP contribution in [0.5, 0.6) is 5.75 Å². The molecular formula is C14H13NO2. The number of ether oxygens (including phenoxy) is 1. The van der Waals surface area contributed by atoms with Crippen molar-refractivity contribution in [2.45, 2.75) is 12.8 Å². The van der Waals surface area contributed by atoms with Crippen molar-refractivity contribution in [3.8, 4) is 5.75 Å². The molecule has 3 nitrogen and oxygen atoms in total. The van der Waals surface area contributed by atoms with Crippen LogP contribution >= 0.6 is 0 Å². The standard InChI is InChI=1S/C14H13NO2/c16-12(10-6-7-10)9-17-13-5-1-3-11-4-2-8-15-14(11)13/h1-5,8,10H,6-7,9H2. The van der Waals surface area contributed by atoms with Gasteiger partial charge < -0.3 is 4.74 Å². The molecule has 0 atom stereocenters. The van der Waals surface area contributed by atoms with Crippen molar-refractivity contribution < 1.29 is 9.53 Å². The molecule has 0 spiro atoms. The van der Waals surface area contributed by atoms with Gasteiger partial charge in [0.25, 0.3) is 0 Å². The van der Waals surface area contributed by atoms with E-state index >= 15 is 0 Å². The van der Waals surface area contributed by atoms with Gasteiger partial charge in [-0.15, -0.1) is 0 Å². The largest absolute Gasteiger partial charge is 0.484 e. The highest BCUT2D eigenvalue weighted by molar-refractivity contribution is 5.86. The third-order valence-corrected chi connectivity index (χ3v) is 3.00. The van der Waals surface area contributed by atoms with Gasteiger partial charge in [0.1, 0.15) is 17.9 Å². The molecule has 0 bridgehead atoms. The van der Waals surface area contributed by atoms with Gasteiger partial charge in [0.15, 0.2) is 5.78 Å². The van der Waals surface area contributed by atoms with Crippen molar-refractivity contribution in [3.05, 3.63) is 36.5 Å². The van der Waals surface area contributed by atoms with E-state index in [0.29, 0.717) is 5.75 Å². The van der Waals surface area contributed by atoms with E-state index in [1.807, 2.05) is 30.3 Å². The van der Waals surface area contributed by atoms with Crippen LogP contribution in [0.25, 0.3) is 10.9 Å². The lowest BCUT2D eigenvalue weighted by Crippen LogP contribution is -2.13. The summed E-state index contributed by atoms with van der Waals surface area (Å²) in [5.74, 6) is 1.15. The van der Waals surface area contributed by atoms with E-state index in [4.69, 9.17) is 4.74 Å². The third kappa shape index (κ3) is 2.13. The average Bonchev–Trinajstić information content (AvgIpc) is 3.20. The molecule has 2 aromatic rings. The first kappa shape index (κ1) is 10.3. The van der Waals surface area contributed by atoms with Crippen LogP contribution in [0, 0.1) is 5.92 Å². The molecular weight excluding hydrogens is 214 g/mol. The van der Waals surface area contributed by atoms with E-state index in [1.165, 1.54) is 0 Å². The number of pyridine rings is 1. The van der Waals surface area contributed by atoms with Gasteiger partial charge in [-0.1, -0.05) is 18.2 Å². The number of carbonyl (C=O) groups is 1. The minimum absolute atomic E-state index is 0.167. The Hall–Kier alpha value is -1.90. The molecule has 0 radical (unpaired) electrons. The van der Waals surface area contributed by atoms with Crippen LogP contribution in [-0.4, -0.2) is 17.4 Å². The van der Waals surface area contributed by atoms with E-state index in [2.05, 4.69) is 4.98 Å². The van der Waals surface area contributed by atoms with Crippen molar-refractivity contribution in [2.75, 3.05) is 6.61 Å². The van der Waals surface area contributed by atoms with Crippen LogP contribution in [-0.2, 0) is 4.79 Å². The number of nitrogens with zero attached hydrogens (tertiary/aromatic N) is 1. The fourth-order valence-electron chi connectivity index (χ4n) is 1.86. The Balaban J connectivity index is 1.82. The Morgan fingerprint density at radius 3 is 2.94 bits per heavy atom. The summed E-state index contributed by atoms with van der Waals surface area (Å²) in [6, 6.07) is 9.63. The minimum Gasteiger partial charge on any atom is -0.484 e. The van der Waals surface area contributed by atoms with Crippen LogP contribution in [0.15, 0.2) is 36.5 Å². The first-order valence-corrected chi connectivity index (χ1v) is 5.84. The maximum absolute atomic E-state index is 11.6. The molecule has 0 amide bonds. The summed E-state index contributed by atoms with van der Waals surface area (Å²) in [5, 5.41) is 1.03. The van der Waals surface area contributed by atoms with Crippen LogP contribution < -0.4 is 4.74 Å². The molecule has 3 heteroatoms. The molecule has 0 N–H and O–H groups in total. The van der Waals surface area contributed by atoms with E-state index < -0.39 is 0 Å². The van der Waals surface area contributed by atoms with Crippen molar-refractivity contribution in [3.63, 3.8) is 0 Å². The SMILES string of the molecule is O=C(COc1cccc2cccnc12)C1CC1. The van der Waals surface area contributed by atoms with Gasteiger partial charge in [0, 0.05) is 17.5 Å². The van der Waals surface area contributed by atoms with Gasteiger partial charge in [0.2, 0.25) is 0 Å². The number of para-hydroxylation sites is 1. The number of rotatable bonds is 4. The zero-order valence-corrected chi connectivity index (χ0v) is 9.43. The molecule has 0 saturated heterocycles. The van der Waals surface area contributed by atoms with Gasteiger partial charge in [0.05, 0.1) is 0 Å². The molecule has 1 aromatic carbocycles.